The lowest BCUT2D eigenvalue weighted by molar-refractivity contribution is 0.488. The normalized spacial score (nSPS) is 12.7. The molecule has 0 spiro atoms. The summed E-state index contributed by atoms with van der Waals surface area (Å²) in [5.41, 5.74) is 0.753. The molecule has 0 radical (unpaired) electrons. The molecule has 0 saturated carbocycles. The predicted octanol–water partition coefficient (Wildman–Crippen LogP) is 3.64. The van der Waals surface area contributed by atoms with Crippen LogP contribution in [-0.4, -0.2) is 16.8 Å². The van der Waals surface area contributed by atoms with E-state index in [1.165, 1.54) is 12.1 Å². The van der Waals surface area contributed by atoms with Crippen molar-refractivity contribution in [1.82, 2.24) is 15.1 Å². The van der Waals surface area contributed by atoms with Crippen LogP contribution in [0, 0.1) is 11.6 Å². The van der Waals surface area contributed by atoms with E-state index >= 15 is 0 Å². The predicted molar refractivity (Wildman–Crippen MR) is 77.5 cm³/mol. The number of aromatic nitrogens is 2. The Kier molecular flexibility index (Phi) is 4.88. The van der Waals surface area contributed by atoms with Crippen LogP contribution in [0.1, 0.15) is 30.6 Å². The van der Waals surface area contributed by atoms with Gasteiger partial charge in [0.2, 0.25) is 0 Å². The molecule has 20 heavy (non-hydrogen) atoms. The van der Waals surface area contributed by atoms with Gasteiger partial charge in [-0.2, -0.15) is 5.10 Å². The molecule has 0 aliphatic heterocycles. The largest absolute Gasteiger partial charge is 0.308 e. The first-order chi connectivity index (χ1) is 9.58. The monoisotopic (exact) mass is 343 g/mol. The first-order valence-corrected chi connectivity index (χ1v) is 7.21. The van der Waals surface area contributed by atoms with Crippen LogP contribution < -0.4 is 5.32 Å². The number of aryl methyl sites for hydroxylation is 1. The van der Waals surface area contributed by atoms with Crippen molar-refractivity contribution in [2.75, 3.05) is 7.05 Å². The zero-order valence-electron chi connectivity index (χ0n) is 11.3. The Hall–Kier alpha value is -1.27. The molecule has 2 rings (SSSR count). The van der Waals surface area contributed by atoms with Gasteiger partial charge in [-0.3, -0.25) is 4.68 Å². The first kappa shape index (κ1) is 15.1. The lowest BCUT2D eigenvalue weighted by Crippen LogP contribution is -2.24. The van der Waals surface area contributed by atoms with Gasteiger partial charge in [-0.1, -0.05) is 22.9 Å². The van der Waals surface area contributed by atoms with Crippen molar-refractivity contribution < 1.29 is 8.78 Å². The minimum Gasteiger partial charge on any atom is -0.308 e. The van der Waals surface area contributed by atoms with E-state index in [1.54, 1.807) is 24.0 Å². The molecule has 0 fully saturated rings. The molecule has 3 nitrogen and oxygen atoms in total. The summed E-state index contributed by atoms with van der Waals surface area (Å²) < 4.78 is 30.4. The molecule has 1 aromatic carbocycles. The van der Waals surface area contributed by atoms with Gasteiger partial charge in [0.25, 0.3) is 0 Å². The number of nitrogens with zero attached hydrogens (tertiary/aromatic N) is 2. The van der Waals surface area contributed by atoms with Crippen molar-refractivity contribution in [2.45, 2.75) is 25.9 Å². The third-order valence-corrected chi connectivity index (χ3v) is 3.56. The summed E-state index contributed by atoms with van der Waals surface area (Å²) in [4.78, 5) is 0. The van der Waals surface area contributed by atoms with E-state index in [1.807, 2.05) is 6.92 Å². The Bertz CT molecular complexity index is 575. The minimum absolute atomic E-state index is 0.00792. The van der Waals surface area contributed by atoms with E-state index in [-0.39, 0.29) is 5.56 Å². The molecule has 6 heteroatoms. The Balaban J connectivity index is 2.50. The molecule has 0 amide bonds. The lowest BCUT2D eigenvalue weighted by Gasteiger charge is -2.19. The molecule has 1 aromatic heterocycles. The van der Waals surface area contributed by atoms with Crippen LogP contribution in [0.15, 0.2) is 28.9 Å². The lowest BCUT2D eigenvalue weighted by atomic mass is 10.0. The van der Waals surface area contributed by atoms with Gasteiger partial charge in [0, 0.05) is 22.8 Å². The molecule has 0 aliphatic carbocycles. The maximum absolute atomic E-state index is 14.1. The van der Waals surface area contributed by atoms with Crippen LogP contribution in [0.4, 0.5) is 8.78 Å². The highest BCUT2D eigenvalue weighted by Crippen LogP contribution is 2.29. The second-order valence-electron chi connectivity index (χ2n) is 4.48. The van der Waals surface area contributed by atoms with E-state index in [9.17, 15) is 8.78 Å². The molecule has 1 unspecified atom stereocenters. The molecule has 0 saturated heterocycles. The SMILES string of the molecule is CCCn1nccc1C(NC)c1c(F)cc(Br)cc1F. The van der Waals surface area contributed by atoms with Crippen molar-refractivity contribution in [2.24, 2.45) is 0 Å². The molecule has 0 aliphatic rings. The summed E-state index contributed by atoms with van der Waals surface area (Å²) in [6, 6.07) is 3.74. The molecular formula is C14H16BrF2N3. The standard InChI is InChI=1S/C14H16BrF2N3/c1-3-6-20-12(4-5-19-20)14(18-2)13-10(16)7-9(15)8-11(13)17/h4-5,7-8,14,18H,3,6H2,1-2H3. The highest BCUT2D eigenvalue weighted by molar-refractivity contribution is 9.10. The first-order valence-electron chi connectivity index (χ1n) is 6.41. The van der Waals surface area contributed by atoms with Crippen LogP contribution in [0.5, 0.6) is 0 Å². The van der Waals surface area contributed by atoms with Gasteiger partial charge in [0.1, 0.15) is 11.6 Å². The fraction of sp³-hybridized carbons (Fsp3) is 0.357. The second-order valence-corrected chi connectivity index (χ2v) is 5.40. The van der Waals surface area contributed by atoms with Gasteiger partial charge in [0.05, 0.1) is 11.7 Å². The highest BCUT2D eigenvalue weighted by atomic mass is 79.9. The Morgan fingerprint density at radius 3 is 2.55 bits per heavy atom. The van der Waals surface area contributed by atoms with Gasteiger partial charge in [-0.15, -0.1) is 0 Å². The number of hydrogen-bond acceptors (Lipinski definition) is 2. The van der Waals surface area contributed by atoms with Crippen molar-refractivity contribution in [3.05, 3.63) is 51.8 Å². The molecule has 0 bridgehead atoms. The Morgan fingerprint density at radius 2 is 2.00 bits per heavy atom. The topological polar surface area (TPSA) is 29.9 Å². The summed E-state index contributed by atoms with van der Waals surface area (Å²) in [7, 11) is 1.68. The molecule has 2 aromatic rings. The maximum atomic E-state index is 14.1. The number of hydrogen-bond donors (Lipinski definition) is 1. The molecule has 108 valence electrons. The Morgan fingerprint density at radius 1 is 1.35 bits per heavy atom. The zero-order chi connectivity index (χ0) is 14.7. The average Bonchev–Trinajstić information content (AvgIpc) is 2.82. The molecule has 1 N–H and O–H groups in total. The summed E-state index contributed by atoms with van der Waals surface area (Å²) in [5.74, 6) is -1.17. The highest BCUT2D eigenvalue weighted by Gasteiger charge is 2.24. The van der Waals surface area contributed by atoms with Crippen molar-refractivity contribution in [3.63, 3.8) is 0 Å². The van der Waals surface area contributed by atoms with Gasteiger partial charge < -0.3 is 5.32 Å². The third kappa shape index (κ3) is 2.91. The van der Waals surface area contributed by atoms with Crippen LogP contribution in [0.25, 0.3) is 0 Å². The second kappa shape index (κ2) is 6.45. The fourth-order valence-electron chi connectivity index (χ4n) is 2.26. The number of halogens is 3. The van der Waals surface area contributed by atoms with Crippen molar-refractivity contribution in [3.8, 4) is 0 Å². The third-order valence-electron chi connectivity index (χ3n) is 3.10. The summed E-state index contributed by atoms with van der Waals surface area (Å²) in [6.07, 6.45) is 2.54. The van der Waals surface area contributed by atoms with Crippen molar-refractivity contribution in [1.29, 1.82) is 0 Å². The maximum Gasteiger partial charge on any atom is 0.132 e. The van der Waals surface area contributed by atoms with Crippen LogP contribution in [0.3, 0.4) is 0 Å². The number of nitrogens with one attached hydrogen (secondary N) is 1. The minimum atomic E-state index is -0.583. The van der Waals surface area contributed by atoms with Crippen LogP contribution in [0.2, 0.25) is 0 Å². The smallest absolute Gasteiger partial charge is 0.132 e. The van der Waals surface area contributed by atoms with Gasteiger partial charge in [-0.05, 0) is 31.7 Å². The van der Waals surface area contributed by atoms with E-state index in [0.29, 0.717) is 11.0 Å². The van der Waals surface area contributed by atoms with E-state index in [0.717, 1.165) is 12.1 Å². The van der Waals surface area contributed by atoms with Gasteiger partial charge >= 0.3 is 0 Å². The quantitative estimate of drug-likeness (QED) is 0.898. The Labute approximate surface area is 125 Å². The molecule has 1 heterocycles. The average molecular weight is 344 g/mol. The fourth-order valence-corrected chi connectivity index (χ4v) is 2.66. The van der Waals surface area contributed by atoms with Gasteiger partial charge in [-0.25, -0.2) is 8.78 Å². The molecule has 1 atom stereocenters. The van der Waals surface area contributed by atoms with Gasteiger partial charge in [0.15, 0.2) is 0 Å². The van der Waals surface area contributed by atoms with Crippen LogP contribution in [-0.2, 0) is 6.54 Å². The number of benzene rings is 1. The van der Waals surface area contributed by atoms with Crippen molar-refractivity contribution >= 4 is 15.9 Å². The molecular weight excluding hydrogens is 328 g/mol. The summed E-state index contributed by atoms with van der Waals surface area (Å²) in [6.45, 7) is 2.74. The number of rotatable bonds is 5. The van der Waals surface area contributed by atoms with Crippen LogP contribution >= 0.6 is 15.9 Å². The van der Waals surface area contributed by atoms with E-state index in [4.69, 9.17) is 0 Å². The summed E-state index contributed by atoms with van der Waals surface area (Å²) in [5, 5.41) is 7.16. The summed E-state index contributed by atoms with van der Waals surface area (Å²) >= 11 is 3.09. The van der Waals surface area contributed by atoms with E-state index < -0.39 is 17.7 Å². The zero-order valence-corrected chi connectivity index (χ0v) is 12.9. The van der Waals surface area contributed by atoms with E-state index in [2.05, 4.69) is 26.3 Å².